The van der Waals surface area contributed by atoms with Crippen molar-refractivity contribution in [1.82, 2.24) is 10.2 Å². The summed E-state index contributed by atoms with van der Waals surface area (Å²) in [6, 6.07) is 0. The van der Waals surface area contributed by atoms with Crippen LogP contribution in [0.5, 0.6) is 5.88 Å². The molecule has 1 heterocycles. The van der Waals surface area contributed by atoms with E-state index < -0.39 is 5.97 Å². The van der Waals surface area contributed by atoms with Crippen LogP contribution in [0.2, 0.25) is 5.15 Å². The Morgan fingerprint density at radius 2 is 2.33 bits per heavy atom. The Hall–Kier alpha value is -1.62. The number of carbonyl (C=O) groups excluding carboxylic acids is 1. The molecule has 0 radical (unpaired) electrons. The Labute approximate surface area is 91.9 Å². The molecule has 0 unspecified atom stereocenters. The quantitative estimate of drug-likeness (QED) is 0.623. The zero-order chi connectivity index (χ0) is 11.4. The highest BCUT2D eigenvalue weighted by Crippen LogP contribution is 2.27. The number of nitrogens with two attached hydrogens (primary N) is 1. The van der Waals surface area contributed by atoms with E-state index in [9.17, 15) is 4.79 Å². The van der Waals surface area contributed by atoms with Crippen LogP contribution in [0.25, 0.3) is 0 Å². The van der Waals surface area contributed by atoms with Crippen molar-refractivity contribution >= 4 is 23.3 Å². The van der Waals surface area contributed by atoms with E-state index in [4.69, 9.17) is 22.1 Å². The maximum atomic E-state index is 10.9. The molecule has 0 saturated heterocycles. The van der Waals surface area contributed by atoms with Crippen LogP contribution in [0.15, 0.2) is 12.7 Å². The van der Waals surface area contributed by atoms with Gasteiger partial charge in [-0.3, -0.25) is 0 Å². The van der Waals surface area contributed by atoms with E-state index in [1.165, 1.54) is 0 Å². The van der Waals surface area contributed by atoms with Gasteiger partial charge in [0.05, 0.1) is 0 Å². The van der Waals surface area contributed by atoms with Gasteiger partial charge >= 0.3 is 5.97 Å². The number of halogens is 1. The summed E-state index contributed by atoms with van der Waals surface area (Å²) in [5.41, 5.74) is 6.54. The molecular weight excluding hydrogens is 218 g/mol. The third-order valence-corrected chi connectivity index (χ3v) is 2.05. The van der Waals surface area contributed by atoms with Crippen LogP contribution >= 0.6 is 11.6 Å². The van der Waals surface area contributed by atoms with Crippen LogP contribution in [-0.4, -0.2) is 16.2 Å². The van der Waals surface area contributed by atoms with E-state index in [-0.39, 0.29) is 16.7 Å². The van der Waals surface area contributed by atoms with E-state index in [0.717, 1.165) is 6.08 Å². The van der Waals surface area contributed by atoms with Gasteiger partial charge in [0.2, 0.25) is 0 Å². The van der Waals surface area contributed by atoms with E-state index >= 15 is 0 Å². The highest BCUT2D eigenvalue weighted by molar-refractivity contribution is 6.30. The molecule has 15 heavy (non-hydrogen) atoms. The van der Waals surface area contributed by atoms with Gasteiger partial charge in [0.1, 0.15) is 5.69 Å². The van der Waals surface area contributed by atoms with Gasteiger partial charge in [-0.25, -0.2) is 4.79 Å². The van der Waals surface area contributed by atoms with Crippen LogP contribution in [0.4, 0.5) is 5.69 Å². The first-order valence-electron chi connectivity index (χ1n) is 4.24. The second-order valence-electron chi connectivity index (χ2n) is 2.67. The molecule has 0 aromatic carbocycles. The zero-order valence-electron chi connectivity index (χ0n) is 8.16. The molecule has 1 aromatic heterocycles. The lowest BCUT2D eigenvalue weighted by atomic mass is 10.2. The van der Waals surface area contributed by atoms with Crippen molar-refractivity contribution in [2.45, 2.75) is 13.3 Å². The number of hydrogen-bond donors (Lipinski definition) is 1. The predicted molar refractivity (Wildman–Crippen MR) is 56.7 cm³/mol. The fourth-order valence-electron chi connectivity index (χ4n) is 0.992. The lowest BCUT2D eigenvalue weighted by Crippen LogP contribution is -2.10. The van der Waals surface area contributed by atoms with Crippen molar-refractivity contribution in [3.05, 3.63) is 23.4 Å². The molecule has 0 atom stereocenters. The Bertz CT molecular complexity index is 407. The first-order chi connectivity index (χ1) is 7.10. The smallest absolute Gasteiger partial charge is 0.337 e. The minimum absolute atomic E-state index is 0.0406. The summed E-state index contributed by atoms with van der Waals surface area (Å²) < 4.78 is 4.78. The average Bonchev–Trinajstić information content (AvgIpc) is 2.23. The molecule has 5 nitrogen and oxygen atoms in total. The summed E-state index contributed by atoms with van der Waals surface area (Å²) in [6.45, 7) is 5.12. The third-order valence-electron chi connectivity index (χ3n) is 1.75. The summed E-state index contributed by atoms with van der Waals surface area (Å²) in [5.74, 6) is -0.679. The number of nitrogens with zero attached hydrogens (tertiary/aromatic N) is 2. The van der Waals surface area contributed by atoms with Crippen molar-refractivity contribution in [2.75, 3.05) is 5.73 Å². The zero-order valence-corrected chi connectivity index (χ0v) is 8.91. The van der Waals surface area contributed by atoms with Crippen molar-refractivity contribution < 1.29 is 9.53 Å². The van der Waals surface area contributed by atoms with Crippen LogP contribution in [0.1, 0.15) is 12.5 Å². The lowest BCUT2D eigenvalue weighted by molar-refractivity contribution is -0.129. The molecular formula is C9H10ClN3O2. The Morgan fingerprint density at radius 1 is 1.67 bits per heavy atom. The Kier molecular flexibility index (Phi) is 3.62. The molecule has 1 aromatic rings. The van der Waals surface area contributed by atoms with Crippen molar-refractivity contribution in [1.29, 1.82) is 0 Å². The Morgan fingerprint density at radius 3 is 2.87 bits per heavy atom. The fourth-order valence-corrected chi connectivity index (χ4v) is 1.27. The van der Waals surface area contributed by atoms with E-state index in [1.807, 2.05) is 6.92 Å². The molecule has 2 N–H and O–H groups in total. The van der Waals surface area contributed by atoms with Crippen LogP contribution in [0.3, 0.4) is 0 Å². The monoisotopic (exact) mass is 227 g/mol. The average molecular weight is 228 g/mol. The molecule has 0 aliphatic rings. The molecule has 1 rings (SSSR count). The van der Waals surface area contributed by atoms with Gasteiger partial charge in [-0.05, 0) is 6.42 Å². The second-order valence-corrected chi connectivity index (χ2v) is 3.02. The molecule has 80 valence electrons. The molecule has 0 saturated carbocycles. The molecule has 6 heteroatoms. The molecule has 0 aliphatic carbocycles. The van der Waals surface area contributed by atoms with Gasteiger partial charge < -0.3 is 10.5 Å². The van der Waals surface area contributed by atoms with Crippen molar-refractivity contribution in [2.24, 2.45) is 0 Å². The summed E-state index contributed by atoms with van der Waals surface area (Å²) in [5, 5.41) is 7.41. The number of nitrogen functional groups attached to an aromatic ring is 1. The van der Waals surface area contributed by atoms with Gasteiger partial charge in [-0.15, -0.1) is 10.2 Å². The van der Waals surface area contributed by atoms with Crippen molar-refractivity contribution in [3.63, 3.8) is 0 Å². The van der Waals surface area contributed by atoms with Gasteiger partial charge in [0.25, 0.3) is 5.88 Å². The number of esters is 1. The van der Waals surface area contributed by atoms with Crippen molar-refractivity contribution in [3.8, 4) is 5.88 Å². The minimum atomic E-state index is -0.639. The molecule has 0 amide bonds. The number of anilines is 1. The highest BCUT2D eigenvalue weighted by atomic mass is 35.5. The summed E-state index contributed by atoms with van der Waals surface area (Å²) in [6.07, 6.45) is 1.60. The van der Waals surface area contributed by atoms with Gasteiger partial charge in [-0.2, -0.15) is 0 Å². The van der Waals surface area contributed by atoms with Gasteiger partial charge in [-0.1, -0.05) is 25.1 Å². The standard InChI is InChI=1S/C9H10ClN3O2/c1-3-5-7(11)9(13-12-8(5)10)15-6(14)4-2/h4H,2-3H2,1H3,(H2,11,12). The third kappa shape index (κ3) is 2.44. The number of aromatic nitrogens is 2. The molecule has 0 aliphatic heterocycles. The number of hydrogen-bond acceptors (Lipinski definition) is 5. The van der Waals surface area contributed by atoms with Gasteiger partial charge in [0, 0.05) is 11.6 Å². The number of rotatable bonds is 3. The van der Waals surface area contributed by atoms with Gasteiger partial charge in [0.15, 0.2) is 5.15 Å². The van der Waals surface area contributed by atoms with Crippen LogP contribution in [0, 0.1) is 0 Å². The molecule has 0 fully saturated rings. The summed E-state index contributed by atoms with van der Waals surface area (Å²) >= 11 is 5.76. The second kappa shape index (κ2) is 4.75. The van der Waals surface area contributed by atoms with E-state index in [0.29, 0.717) is 12.0 Å². The first kappa shape index (κ1) is 11.5. The lowest BCUT2D eigenvalue weighted by Gasteiger charge is -2.07. The fraction of sp³-hybridized carbons (Fsp3) is 0.222. The Balaban J connectivity index is 3.10. The number of carbonyl (C=O) groups is 1. The first-order valence-corrected chi connectivity index (χ1v) is 4.62. The maximum absolute atomic E-state index is 10.9. The largest absolute Gasteiger partial charge is 0.400 e. The topological polar surface area (TPSA) is 78.1 Å². The number of ether oxygens (including phenoxy) is 1. The predicted octanol–water partition coefficient (Wildman–Crippen LogP) is 1.37. The normalized spacial score (nSPS) is 9.73. The molecule has 0 bridgehead atoms. The summed E-state index contributed by atoms with van der Waals surface area (Å²) in [7, 11) is 0. The maximum Gasteiger partial charge on any atom is 0.337 e. The van der Waals surface area contributed by atoms with Crippen LogP contribution < -0.4 is 10.5 Å². The van der Waals surface area contributed by atoms with E-state index in [2.05, 4.69) is 16.8 Å². The van der Waals surface area contributed by atoms with Crippen LogP contribution in [-0.2, 0) is 11.2 Å². The highest BCUT2D eigenvalue weighted by Gasteiger charge is 2.13. The minimum Gasteiger partial charge on any atom is -0.400 e. The molecule has 0 spiro atoms. The SMILES string of the molecule is C=CC(=O)Oc1nnc(Cl)c(CC)c1N. The summed E-state index contributed by atoms with van der Waals surface area (Å²) in [4.78, 5) is 10.9. The van der Waals surface area contributed by atoms with E-state index in [1.54, 1.807) is 0 Å².